The van der Waals surface area contributed by atoms with Crippen molar-refractivity contribution in [3.05, 3.63) is 18.2 Å². The Labute approximate surface area is 79.6 Å². The Balaban J connectivity index is 2.88. The van der Waals surface area contributed by atoms with E-state index in [1.165, 1.54) is 18.2 Å². The summed E-state index contributed by atoms with van der Waals surface area (Å²) < 4.78 is 32.9. The van der Waals surface area contributed by atoms with Crippen LogP contribution in [0.5, 0.6) is 11.5 Å². The summed E-state index contributed by atoms with van der Waals surface area (Å²) in [5.41, 5.74) is 2.71. The lowest BCUT2D eigenvalue weighted by Gasteiger charge is -2.09. The summed E-state index contributed by atoms with van der Waals surface area (Å²) in [6.45, 7) is -1.95. The molecule has 0 radical (unpaired) electrons. The number of ether oxygens (including phenoxy) is 2. The molecule has 0 fully saturated rings. The molecule has 0 unspecified atom stereocenters. The van der Waals surface area contributed by atoms with Crippen LogP contribution in [0.3, 0.4) is 0 Å². The van der Waals surface area contributed by atoms with E-state index in [9.17, 15) is 8.78 Å². The topological polar surface area (TPSA) is 56.5 Å². The third-order valence-corrected chi connectivity index (χ3v) is 1.54. The van der Waals surface area contributed by atoms with E-state index in [-0.39, 0.29) is 11.5 Å². The van der Waals surface area contributed by atoms with E-state index in [0.717, 1.165) is 0 Å². The number of nitrogens with two attached hydrogens (primary N) is 1. The van der Waals surface area contributed by atoms with Gasteiger partial charge in [-0.3, -0.25) is 5.84 Å². The Bertz CT molecular complexity index is 297. The van der Waals surface area contributed by atoms with Crippen LogP contribution in [-0.2, 0) is 0 Å². The molecular weight excluding hydrogens is 194 g/mol. The molecule has 78 valence electrons. The number of hydrogen-bond acceptors (Lipinski definition) is 4. The van der Waals surface area contributed by atoms with Gasteiger partial charge < -0.3 is 14.9 Å². The molecule has 0 amide bonds. The molecule has 0 spiro atoms. The number of halogens is 2. The molecule has 0 aliphatic rings. The highest BCUT2D eigenvalue weighted by molar-refractivity contribution is 5.58. The van der Waals surface area contributed by atoms with Crippen LogP contribution in [0.2, 0.25) is 0 Å². The van der Waals surface area contributed by atoms with Crippen molar-refractivity contribution in [2.75, 3.05) is 19.1 Å². The molecule has 0 aliphatic carbocycles. The molecule has 6 heteroatoms. The van der Waals surface area contributed by atoms with Gasteiger partial charge in [-0.1, -0.05) is 0 Å². The van der Waals surface area contributed by atoms with Crippen LogP contribution in [-0.4, -0.2) is 13.7 Å². The molecule has 0 heterocycles. The standard InChI is InChI=1S/C8H10F2N2O2/c9-4-13-6-1-2-7(12-11)8(3-6)14-5-10/h1-3,12H,4-5,11H2. The van der Waals surface area contributed by atoms with Gasteiger partial charge in [0.25, 0.3) is 0 Å². The van der Waals surface area contributed by atoms with E-state index >= 15 is 0 Å². The van der Waals surface area contributed by atoms with Crippen molar-refractivity contribution in [3.8, 4) is 11.5 Å². The second-order valence-corrected chi connectivity index (χ2v) is 2.31. The molecule has 3 N–H and O–H groups in total. The highest BCUT2D eigenvalue weighted by Gasteiger charge is 2.04. The van der Waals surface area contributed by atoms with Crippen LogP contribution in [0.25, 0.3) is 0 Å². The first-order valence-corrected chi connectivity index (χ1v) is 3.80. The summed E-state index contributed by atoms with van der Waals surface area (Å²) in [7, 11) is 0. The Kier molecular flexibility index (Phi) is 3.93. The van der Waals surface area contributed by atoms with Crippen LogP contribution < -0.4 is 20.7 Å². The quantitative estimate of drug-likeness (QED) is 0.564. The average molecular weight is 204 g/mol. The number of benzene rings is 1. The van der Waals surface area contributed by atoms with Gasteiger partial charge in [-0.15, -0.1) is 0 Å². The Morgan fingerprint density at radius 3 is 2.50 bits per heavy atom. The molecule has 0 saturated heterocycles. The van der Waals surface area contributed by atoms with Gasteiger partial charge in [-0.05, 0) is 12.1 Å². The summed E-state index contributed by atoms with van der Waals surface area (Å²) in [5.74, 6) is 5.55. The molecule has 0 aromatic heterocycles. The lowest BCUT2D eigenvalue weighted by Crippen LogP contribution is -2.08. The van der Waals surface area contributed by atoms with Crippen LogP contribution in [0, 0.1) is 0 Å². The number of alkyl halides is 2. The molecule has 1 aromatic rings. The van der Waals surface area contributed by atoms with Crippen LogP contribution in [0.1, 0.15) is 0 Å². The summed E-state index contributed by atoms with van der Waals surface area (Å²) in [6, 6.07) is 4.32. The van der Waals surface area contributed by atoms with Crippen LogP contribution in [0.4, 0.5) is 14.5 Å². The summed E-state index contributed by atoms with van der Waals surface area (Å²) >= 11 is 0. The zero-order chi connectivity index (χ0) is 10.4. The second kappa shape index (κ2) is 5.23. The predicted molar refractivity (Wildman–Crippen MR) is 47.5 cm³/mol. The molecular formula is C8H10F2N2O2. The first-order chi connectivity index (χ1) is 6.81. The van der Waals surface area contributed by atoms with Gasteiger partial charge in [0.15, 0.2) is 5.75 Å². The molecule has 1 rings (SSSR count). The smallest absolute Gasteiger partial charge is 0.228 e. The summed E-state index contributed by atoms with van der Waals surface area (Å²) in [6.07, 6.45) is 0. The molecule has 1 aromatic carbocycles. The van der Waals surface area contributed by atoms with Gasteiger partial charge >= 0.3 is 0 Å². The fourth-order valence-corrected chi connectivity index (χ4v) is 0.953. The Morgan fingerprint density at radius 2 is 1.93 bits per heavy atom. The normalized spacial score (nSPS) is 9.64. The zero-order valence-corrected chi connectivity index (χ0v) is 7.30. The van der Waals surface area contributed by atoms with Crippen molar-refractivity contribution in [1.82, 2.24) is 0 Å². The fourth-order valence-electron chi connectivity index (χ4n) is 0.953. The van der Waals surface area contributed by atoms with Crippen molar-refractivity contribution < 1.29 is 18.3 Å². The van der Waals surface area contributed by atoms with Gasteiger partial charge in [0.2, 0.25) is 13.7 Å². The highest BCUT2D eigenvalue weighted by atomic mass is 19.1. The molecule has 4 nitrogen and oxygen atoms in total. The largest absolute Gasteiger partial charge is 0.463 e. The van der Waals surface area contributed by atoms with E-state index in [1.54, 1.807) is 0 Å². The third-order valence-electron chi connectivity index (χ3n) is 1.54. The first-order valence-electron chi connectivity index (χ1n) is 3.80. The first kappa shape index (κ1) is 10.5. The average Bonchev–Trinajstić information content (AvgIpc) is 2.19. The lowest BCUT2D eigenvalue weighted by atomic mass is 10.3. The fraction of sp³-hybridized carbons (Fsp3) is 0.250. The zero-order valence-electron chi connectivity index (χ0n) is 7.30. The molecule has 0 saturated carbocycles. The molecule has 0 atom stereocenters. The predicted octanol–water partition coefficient (Wildman–Crippen LogP) is 1.58. The van der Waals surface area contributed by atoms with Gasteiger partial charge in [-0.25, -0.2) is 8.78 Å². The van der Waals surface area contributed by atoms with E-state index in [0.29, 0.717) is 5.69 Å². The maximum atomic E-state index is 11.9. The van der Waals surface area contributed by atoms with Gasteiger partial charge in [-0.2, -0.15) is 0 Å². The van der Waals surface area contributed by atoms with Crippen molar-refractivity contribution in [1.29, 1.82) is 0 Å². The molecule has 14 heavy (non-hydrogen) atoms. The number of rotatable bonds is 5. The van der Waals surface area contributed by atoms with E-state index in [4.69, 9.17) is 5.84 Å². The minimum atomic E-state index is -0.992. The summed E-state index contributed by atoms with van der Waals surface area (Å²) in [5, 5.41) is 0. The number of hydrazine groups is 1. The Morgan fingerprint density at radius 1 is 1.21 bits per heavy atom. The maximum absolute atomic E-state index is 11.9. The SMILES string of the molecule is NNc1ccc(OCF)cc1OCF. The highest BCUT2D eigenvalue weighted by Crippen LogP contribution is 2.28. The van der Waals surface area contributed by atoms with Crippen LogP contribution >= 0.6 is 0 Å². The maximum Gasteiger partial charge on any atom is 0.228 e. The number of anilines is 1. The van der Waals surface area contributed by atoms with Gasteiger partial charge in [0.1, 0.15) is 5.75 Å². The molecule has 0 aliphatic heterocycles. The van der Waals surface area contributed by atoms with E-state index in [2.05, 4.69) is 14.9 Å². The van der Waals surface area contributed by atoms with Crippen molar-refractivity contribution in [2.24, 2.45) is 5.84 Å². The third kappa shape index (κ3) is 2.46. The number of nitrogen functional groups attached to an aromatic ring is 1. The van der Waals surface area contributed by atoms with E-state index in [1.807, 2.05) is 0 Å². The monoisotopic (exact) mass is 204 g/mol. The van der Waals surface area contributed by atoms with Crippen molar-refractivity contribution >= 4 is 5.69 Å². The minimum Gasteiger partial charge on any atom is -0.463 e. The van der Waals surface area contributed by atoms with E-state index < -0.39 is 13.7 Å². The Hall–Kier alpha value is -1.56. The van der Waals surface area contributed by atoms with Gasteiger partial charge in [0, 0.05) is 6.07 Å². The minimum absolute atomic E-state index is 0.168. The number of hydrogen-bond donors (Lipinski definition) is 2. The van der Waals surface area contributed by atoms with Crippen molar-refractivity contribution in [3.63, 3.8) is 0 Å². The number of nitrogens with one attached hydrogen (secondary N) is 1. The van der Waals surface area contributed by atoms with Gasteiger partial charge in [0.05, 0.1) is 5.69 Å². The second-order valence-electron chi connectivity index (χ2n) is 2.31. The van der Waals surface area contributed by atoms with Crippen LogP contribution in [0.15, 0.2) is 18.2 Å². The lowest BCUT2D eigenvalue weighted by molar-refractivity contribution is 0.182. The summed E-state index contributed by atoms with van der Waals surface area (Å²) in [4.78, 5) is 0. The van der Waals surface area contributed by atoms with Crippen molar-refractivity contribution in [2.45, 2.75) is 0 Å². The molecule has 0 bridgehead atoms.